The van der Waals surface area contributed by atoms with Crippen molar-refractivity contribution >= 4 is 32.4 Å². The molecular formula is C25H27BrN2O. The van der Waals surface area contributed by atoms with Gasteiger partial charge in [-0.15, -0.1) is 0 Å². The summed E-state index contributed by atoms with van der Waals surface area (Å²) < 4.78 is 9.17. The SMILES string of the molecule is Brc1ccc(C(=C2CCCCC2)c2ccc3c(cnn3C3CCCCO3)c2)cc1. The second-order valence-electron chi connectivity index (χ2n) is 8.23. The molecule has 1 saturated carbocycles. The van der Waals surface area contributed by atoms with Crippen LogP contribution in [0.5, 0.6) is 0 Å². The molecule has 1 atom stereocenters. The van der Waals surface area contributed by atoms with Gasteiger partial charge in [-0.05, 0) is 85.9 Å². The van der Waals surface area contributed by atoms with Gasteiger partial charge in [-0.3, -0.25) is 0 Å². The zero-order valence-electron chi connectivity index (χ0n) is 16.7. The van der Waals surface area contributed by atoms with E-state index in [9.17, 15) is 0 Å². The Morgan fingerprint density at radius 3 is 2.48 bits per heavy atom. The summed E-state index contributed by atoms with van der Waals surface area (Å²) in [6, 6.07) is 15.6. The quantitative estimate of drug-likeness (QED) is 0.419. The minimum absolute atomic E-state index is 0.0785. The van der Waals surface area contributed by atoms with E-state index in [2.05, 4.69) is 68.2 Å². The summed E-state index contributed by atoms with van der Waals surface area (Å²) in [6.07, 6.45) is 11.9. The summed E-state index contributed by atoms with van der Waals surface area (Å²) in [4.78, 5) is 0. The predicted octanol–water partition coefficient (Wildman–Crippen LogP) is 7.26. The van der Waals surface area contributed by atoms with E-state index in [0.29, 0.717) is 0 Å². The van der Waals surface area contributed by atoms with Crippen LogP contribution in [0.2, 0.25) is 0 Å². The number of hydrogen-bond acceptors (Lipinski definition) is 2. The molecule has 5 rings (SSSR count). The summed E-state index contributed by atoms with van der Waals surface area (Å²) >= 11 is 3.58. The Morgan fingerprint density at radius 1 is 0.931 bits per heavy atom. The molecule has 3 nitrogen and oxygen atoms in total. The Kier molecular flexibility index (Phi) is 5.56. The Labute approximate surface area is 180 Å². The van der Waals surface area contributed by atoms with Crippen molar-refractivity contribution in [1.29, 1.82) is 0 Å². The largest absolute Gasteiger partial charge is 0.356 e. The molecule has 150 valence electrons. The van der Waals surface area contributed by atoms with Crippen molar-refractivity contribution in [2.24, 2.45) is 0 Å². The first-order chi connectivity index (χ1) is 14.3. The van der Waals surface area contributed by atoms with Crippen LogP contribution in [0.3, 0.4) is 0 Å². The van der Waals surface area contributed by atoms with E-state index in [0.717, 1.165) is 23.9 Å². The first-order valence-corrected chi connectivity index (χ1v) is 11.7. The number of ether oxygens (including phenoxy) is 1. The fourth-order valence-corrected chi connectivity index (χ4v) is 5.04. The number of nitrogens with zero attached hydrogens (tertiary/aromatic N) is 2. The third-order valence-corrected chi connectivity index (χ3v) is 6.78. The van der Waals surface area contributed by atoms with E-state index in [1.807, 2.05) is 6.20 Å². The molecule has 4 heteroatoms. The van der Waals surface area contributed by atoms with Crippen LogP contribution < -0.4 is 0 Å². The van der Waals surface area contributed by atoms with Gasteiger partial charge in [0.05, 0.1) is 11.7 Å². The van der Waals surface area contributed by atoms with Gasteiger partial charge in [0.25, 0.3) is 0 Å². The van der Waals surface area contributed by atoms with Crippen molar-refractivity contribution in [3.63, 3.8) is 0 Å². The van der Waals surface area contributed by atoms with Gasteiger partial charge in [0.1, 0.15) is 0 Å². The van der Waals surface area contributed by atoms with Gasteiger partial charge in [0.2, 0.25) is 0 Å². The van der Waals surface area contributed by atoms with Gasteiger partial charge < -0.3 is 4.74 Å². The van der Waals surface area contributed by atoms with E-state index in [1.54, 1.807) is 5.57 Å². The van der Waals surface area contributed by atoms with E-state index >= 15 is 0 Å². The maximum atomic E-state index is 5.97. The second kappa shape index (κ2) is 8.45. The molecule has 2 fully saturated rings. The first kappa shape index (κ1) is 19.1. The van der Waals surface area contributed by atoms with Crippen molar-refractivity contribution in [3.05, 3.63) is 69.8 Å². The topological polar surface area (TPSA) is 27.1 Å². The second-order valence-corrected chi connectivity index (χ2v) is 9.15. The third kappa shape index (κ3) is 3.93. The molecule has 2 aromatic carbocycles. The van der Waals surface area contributed by atoms with E-state index in [4.69, 9.17) is 4.74 Å². The molecule has 1 aliphatic heterocycles. The molecule has 0 bridgehead atoms. The Bertz CT molecular complexity index is 1020. The molecule has 1 aromatic heterocycles. The van der Waals surface area contributed by atoms with E-state index < -0.39 is 0 Å². The minimum atomic E-state index is 0.0785. The molecule has 0 spiro atoms. The number of fused-ring (bicyclic) bond motifs is 1. The Hall–Kier alpha value is -1.91. The molecule has 0 radical (unpaired) electrons. The lowest BCUT2D eigenvalue weighted by atomic mass is 9.85. The van der Waals surface area contributed by atoms with Gasteiger partial charge in [0, 0.05) is 16.5 Å². The highest BCUT2D eigenvalue weighted by molar-refractivity contribution is 9.10. The van der Waals surface area contributed by atoms with Gasteiger partial charge in [-0.2, -0.15) is 5.10 Å². The Morgan fingerprint density at radius 2 is 1.72 bits per heavy atom. The van der Waals surface area contributed by atoms with Crippen LogP contribution in [0.1, 0.15) is 68.7 Å². The van der Waals surface area contributed by atoms with Gasteiger partial charge in [-0.25, -0.2) is 4.68 Å². The molecule has 2 heterocycles. The first-order valence-electron chi connectivity index (χ1n) is 10.9. The molecular weight excluding hydrogens is 424 g/mol. The molecule has 1 saturated heterocycles. The van der Waals surface area contributed by atoms with E-state index in [1.165, 1.54) is 66.1 Å². The summed E-state index contributed by atoms with van der Waals surface area (Å²) in [6.45, 7) is 0.837. The number of aromatic nitrogens is 2. The van der Waals surface area contributed by atoms with Crippen LogP contribution in [-0.4, -0.2) is 16.4 Å². The van der Waals surface area contributed by atoms with Gasteiger partial charge >= 0.3 is 0 Å². The van der Waals surface area contributed by atoms with Crippen LogP contribution in [-0.2, 0) is 4.74 Å². The van der Waals surface area contributed by atoms with Crippen LogP contribution in [0, 0.1) is 0 Å². The third-order valence-electron chi connectivity index (χ3n) is 6.26. The van der Waals surface area contributed by atoms with Crippen molar-refractivity contribution < 1.29 is 4.74 Å². The number of allylic oxidation sites excluding steroid dienone is 1. The smallest absolute Gasteiger partial charge is 0.150 e. The zero-order valence-corrected chi connectivity index (χ0v) is 18.3. The molecule has 2 aliphatic rings. The average molecular weight is 451 g/mol. The summed E-state index contributed by atoms with van der Waals surface area (Å²) in [7, 11) is 0. The summed E-state index contributed by atoms with van der Waals surface area (Å²) in [5.74, 6) is 0. The summed E-state index contributed by atoms with van der Waals surface area (Å²) in [5, 5.41) is 5.88. The monoisotopic (exact) mass is 450 g/mol. The molecule has 0 amide bonds. The van der Waals surface area contributed by atoms with Crippen molar-refractivity contribution in [2.45, 2.75) is 57.6 Å². The normalized spacial score (nSPS) is 20.2. The van der Waals surface area contributed by atoms with Crippen LogP contribution in [0.25, 0.3) is 16.5 Å². The highest BCUT2D eigenvalue weighted by Crippen LogP contribution is 2.37. The highest BCUT2D eigenvalue weighted by Gasteiger charge is 2.20. The summed E-state index contributed by atoms with van der Waals surface area (Å²) in [5.41, 5.74) is 6.81. The van der Waals surface area contributed by atoms with E-state index in [-0.39, 0.29) is 6.23 Å². The van der Waals surface area contributed by atoms with Crippen LogP contribution >= 0.6 is 15.9 Å². The maximum absolute atomic E-state index is 5.97. The van der Waals surface area contributed by atoms with Crippen LogP contribution in [0.15, 0.2) is 58.7 Å². The lowest BCUT2D eigenvalue weighted by molar-refractivity contribution is -0.0366. The molecule has 1 aliphatic carbocycles. The average Bonchev–Trinajstić information content (AvgIpc) is 3.20. The minimum Gasteiger partial charge on any atom is -0.356 e. The van der Waals surface area contributed by atoms with Gasteiger partial charge in [-0.1, -0.05) is 46.1 Å². The zero-order chi connectivity index (χ0) is 19.6. The molecule has 29 heavy (non-hydrogen) atoms. The lowest BCUT2D eigenvalue weighted by Gasteiger charge is -2.23. The lowest BCUT2D eigenvalue weighted by Crippen LogP contribution is -2.18. The highest BCUT2D eigenvalue weighted by atomic mass is 79.9. The number of rotatable bonds is 3. The molecule has 3 aromatic rings. The molecule has 1 unspecified atom stereocenters. The fourth-order valence-electron chi connectivity index (χ4n) is 4.77. The van der Waals surface area contributed by atoms with Gasteiger partial charge in [0.15, 0.2) is 6.23 Å². The van der Waals surface area contributed by atoms with Crippen LogP contribution in [0.4, 0.5) is 0 Å². The Balaban J connectivity index is 1.58. The predicted molar refractivity (Wildman–Crippen MR) is 122 cm³/mol. The fraction of sp³-hybridized carbons (Fsp3) is 0.400. The van der Waals surface area contributed by atoms with Crippen molar-refractivity contribution in [1.82, 2.24) is 9.78 Å². The van der Waals surface area contributed by atoms with Crippen molar-refractivity contribution in [3.8, 4) is 0 Å². The van der Waals surface area contributed by atoms with Crippen molar-refractivity contribution in [2.75, 3.05) is 6.61 Å². The maximum Gasteiger partial charge on any atom is 0.150 e. The molecule has 0 N–H and O–H groups in total. The standard InChI is InChI=1S/C25H27BrN2O/c26-22-12-9-19(10-13-22)25(18-6-2-1-3-7-18)20-11-14-23-21(16-20)17-27-28(23)24-8-4-5-15-29-24/h9-14,16-17,24H,1-8,15H2. The number of hydrogen-bond donors (Lipinski definition) is 0. The number of benzene rings is 2. The number of halogens is 1.